The van der Waals surface area contributed by atoms with E-state index in [9.17, 15) is 0 Å². The molecule has 0 bridgehead atoms. The lowest BCUT2D eigenvalue weighted by molar-refractivity contribution is 0.982. The molecule has 0 heterocycles. The van der Waals surface area contributed by atoms with Gasteiger partial charge in [0.15, 0.2) is 0 Å². The molecule has 0 saturated heterocycles. The molecule has 0 fully saturated rings. The van der Waals surface area contributed by atoms with Crippen LogP contribution in [0.3, 0.4) is 0 Å². The van der Waals surface area contributed by atoms with Crippen LogP contribution in [0.1, 0.15) is 25.3 Å². The molecule has 12 heavy (non-hydrogen) atoms. The minimum atomic E-state index is 0.945. The van der Waals surface area contributed by atoms with Crippen LogP contribution in [-0.2, 0) is 0 Å². The second-order valence-electron chi connectivity index (χ2n) is 2.69. The van der Waals surface area contributed by atoms with E-state index in [1.54, 1.807) is 0 Å². The second kappa shape index (κ2) is 4.54. The first-order chi connectivity index (χ1) is 5.88. The van der Waals surface area contributed by atoms with Gasteiger partial charge in [-0.3, -0.25) is 0 Å². The molecule has 0 atom stereocenters. The molecule has 0 aromatic heterocycles. The summed E-state index contributed by atoms with van der Waals surface area (Å²) in [5, 5.41) is 3.76. The molecule has 2 nitrogen and oxygen atoms in total. The summed E-state index contributed by atoms with van der Waals surface area (Å²) in [6.45, 7) is 2.12. The fourth-order valence-corrected chi connectivity index (χ4v) is 1.15. The van der Waals surface area contributed by atoms with Crippen molar-refractivity contribution in [1.82, 2.24) is 0 Å². The van der Waals surface area contributed by atoms with Gasteiger partial charge in [0.1, 0.15) is 0 Å². The molecule has 0 unspecified atom stereocenters. The smallest absolute Gasteiger partial charge is 0.0672 e. The maximum absolute atomic E-state index is 5.28. The normalized spacial score (nSPS) is 11.6. The van der Waals surface area contributed by atoms with E-state index in [0.717, 1.165) is 24.1 Å². The van der Waals surface area contributed by atoms with Crippen LogP contribution in [0.4, 0.5) is 0 Å². The van der Waals surface area contributed by atoms with E-state index >= 15 is 0 Å². The Labute approximate surface area is 73.1 Å². The Morgan fingerprint density at radius 1 is 1.33 bits per heavy atom. The van der Waals surface area contributed by atoms with Crippen LogP contribution < -0.4 is 5.84 Å². The van der Waals surface area contributed by atoms with Gasteiger partial charge in [0.05, 0.1) is 5.71 Å². The van der Waals surface area contributed by atoms with Gasteiger partial charge in [-0.25, -0.2) is 0 Å². The fraction of sp³-hybridized carbons (Fsp3) is 0.300. The molecule has 64 valence electrons. The van der Waals surface area contributed by atoms with E-state index < -0.39 is 0 Å². The summed E-state index contributed by atoms with van der Waals surface area (Å²) in [4.78, 5) is 0. The van der Waals surface area contributed by atoms with Gasteiger partial charge in [-0.2, -0.15) is 5.10 Å². The maximum Gasteiger partial charge on any atom is 0.0672 e. The Bertz CT molecular complexity index is 252. The molecule has 0 aliphatic rings. The molecule has 0 aliphatic carbocycles. The first kappa shape index (κ1) is 8.78. The number of hydrogen-bond donors (Lipinski definition) is 1. The predicted molar refractivity (Wildman–Crippen MR) is 52.1 cm³/mol. The zero-order chi connectivity index (χ0) is 8.81. The highest BCUT2D eigenvalue weighted by Gasteiger charge is 1.99. The van der Waals surface area contributed by atoms with Crippen molar-refractivity contribution >= 4 is 5.71 Å². The van der Waals surface area contributed by atoms with Crippen LogP contribution in [-0.4, -0.2) is 5.71 Å². The van der Waals surface area contributed by atoms with Gasteiger partial charge in [0.2, 0.25) is 0 Å². The van der Waals surface area contributed by atoms with Crippen LogP contribution in [0, 0.1) is 0 Å². The number of hydrazone groups is 1. The summed E-state index contributed by atoms with van der Waals surface area (Å²) in [5.74, 6) is 5.28. The van der Waals surface area contributed by atoms with E-state index in [2.05, 4.69) is 12.0 Å². The summed E-state index contributed by atoms with van der Waals surface area (Å²) >= 11 is 0. The predicted octanol–water partition coefficient (Wildman–Crippen LogP) is 2.15. The van der Waals surface area contributed by atoms with E-state index in [1.165, 1.54) is 0 Å². The molecule has 1 rings (SSSR count). The Hall–Kier alpha value is -1.31. The highest BCUT2D eigenvalue weighted by molar-refractivity contribution is 6.00. The standard InChI is InChI=1S/C10H14N2/c1-2-6-10(12-11)9-7-4-3-5-8-9/h3-5,7-8H,2,6,11H2,1H3. The third-order valence-corrected chi connectivity index (χ3v) is 1.75. The lowest BCUT2D eigenvalue weighted by atomic mass is 10.1. The van der Waals surface area contributed by atoms with Crippen LogP contribution in [0.5, 0.6) is 0 Å². The molecule has 1 aromatic rings. The lowest BCUT2D eigenvalue weighted by Gasteiger charge is -2.01. The minimum Gasteiger partial charge on any atom is -0.323 e. The number of nitrogens with zero attached hydrogens (tertiary/aromatic N) is 1. The van der Waals surface area contributed by atoms with E-state index in [0.29, 0.717) is 0 Å². The molecule has 0 spiro atoms. The average molecular weight is 162 g/mol. The van der Waals surface area contributed by atoms with Crippen molar-refractivity contribution in [3.63, 3.8) is 0 Å². The second-order valence-corrected chi connectivity index (χ2v) is 2.69. The minimum absolute atomic E-state index is 0.945. The van der Waals surface area contributed by atoms with Crippen molar-refractivity contribution in [3.05, 3.63) is 35.9 Å². The van der Waals surface area contributed by atoms with Crippen LogP contribution >= 0.6 is 0 Å². The highest BCUT2D eigenvalue weighted by Crippen LogP contribution is 2.05. The molecule has 2 heteroatoms. The maximum atomic E-state index is 5.28. The molecule has 0 amide bonds. The zero-order valence-electron chi connectivity index (χ0n) is 7.33. The Kier molecular flexibility index (Phi) is 3.33. The third-order valence-electron chi connectivity index (χ3n) is 1.75. The number of nitrogens with two attached hydrogens (primary N) is 1. The van der Waals surface area contributed by atoms with Crippen LogP contribution in [0.15, 0.2) is 35.4 Å². The fourth-order valence-electron chi connectivity index (χ4n) is 1.15. The SMILES string of the molecule is CCCC(=NN)c1ccccc1. The average Bonchev–Trinajstić information content (AvgIpc) is 2.15. The zero-order valence-corrected chi connectivity index (χ0v) is 7.33. The van der Waals surface area contributed by atoms with E-state index in [1.807, 2.05) is 30.3 Å². The molecule has 0 saturated carbocycles. The van der Waals surface area contributed by atoms with Gasteiger partial charge in [-0.1, -0.05) is 43.7 Å². The molecule has 2 N–H and O–H groups in total. The summed E-state index contributed by atoms with van der Waals surface area (Å²) in [6, 6.07) is 10.0. The molecular formula is C10H14N2. The first-order valence-corrected chi connectivity index (χ1v) is 4.20. The Morgan fingerprint density at radius 3 is 2.50 bits per heavy atom. The van der Waals surface area contributed by atoms with Crippen molar-refractivity contribution in [2.45, 2.75) is 19.8 Å². The Balaban J connectivity index is 2.82. The van der Waals surface area contributed by atoms with Crippen LogP contribution in [0.25, 0.3) is 0 Å². The highest BCUT2D eigenvalue weighted by atomic mass is 15.1. The van der Waals surface area contributed by atoms with E-state index in [4.69, 9.17) is 5.84 Å². The first-order valence-electron chi connectivity index (χ1n) is 4.20. The quantitative estimate of drug-likeness (QED) is 0.413. The summed E-state index contributed by atoms with van der Waals surface area (Å²) in [7, 11) is 0. The number of hydrogen-bond acceptors (Lipinski definition) is 2. The summed E-state index contributed by atoms with van der Waals surface area (Å²) in [6.07, 6.45) is 2.02. The van der Waals surface area contributed by atoms with Crippen molar-refractivity contribution in [2.75, 3.05) is 0 Å². The van der Waals surface area contributed by atoms with Gasteiger partial charge in [-0.05, 0) is 12.0 Å². The van der Waals surface area contributed by atoms with Gasteiger partial charge >= 0.3 is 0 Å². The number of benzene rings is 1. The Morgan fingerprint density at radius 2 is 2.00 bits per heavy atom. The van der Waals surface area contributed by atoms with Crippen molar-refractivity contribution in [2.24, 2.45) is 10.9 Å². The molecule has 0 aliphatic heterocycles. The number of rotatable bonds is 3. The van der Waals surface area contributed by atoms with E-state index in [-0.39, 0.29) is 0 Å². The van der Waals surface area contributed by atoms with Crippen molar-refractivity contribution < 1.29 is 0 Å². The lowest BCUT2D eigenvalue weighted by Crippen LogP contribution is -2.03. The third kappa shape index (κ3) is 2.09. The van der Waals surface area contributed by atoms with Gasteiger partial charge < -0.3 is 5.84 Å². The molecule has 1 aromatic carbocycles. The van der Waals surface area contributed by atoms with Gasteiger partial charge in [-0.15, -0.1) is 0 Å². The largest absolute Gasteiger partial charge is 0.323 e. The van der Waals surface area contributed by atoms with Crippen LogP contribution in [0.2, 0.25) is 0 Å². The van der Waals surface area contributed by atoms with Crippen molar-refractivity contribution in [1.29, 1.82) is 0 Å². The van der Waals surface area contributed by atoms with Gasteiger partial charge in [0, 0.05) is 0 Å². The van der Waals surface area contributed by atoms with Crippen molar-refractivity contribution in [3.8, 4) is 0 Å². The molecule has 0 radical (unpaired) electrons. The summed E-state index contributed by atoms with van der Waals surface area (Å²) in [5.41, 5.74) is 2.11. The summed E-state index contributed by atoms with van der Waals surface area (Å²) < 4.78 is 0. The topological polar surface area (TPSA) is 38.4 Å². The molecular weight excluding hydrogens is 148 g/mol. The monoisotopic (exact) mass is 162 g/mol. The van der Waals surface area contributed by atoms with Gasteiger partial charge in [0.25, 0.3) is 0 Å².